The molecule has 0 fully saturated rings. The SMILES string of the molecule is COc1ccc2[nH]c(=S)n(CCC(C)(C)C)c2n1. The third-order valence-corrected chi connectivity index (χ3v) is 3.21. The second-order valence-electron chi connectivity index (χ2n) is 5.62. The van der Waals surface area contributed by atoms with Crippen LogP contribution in [0.1, 0.15) is 27.2 Å². The molecule has 0 atom stereocenters. The fourth-order valence-electron chi connectivity index (χ4n) is 1.78. The molecule has 0 bridgehead atoms. The minimum atomic E-state index is 0.275. The molecule has 1 N–H and O–H groups in total. The molecule has 2 heterocycles. The molecule has 0 aliphatic heterocycles. The molecule has 0 aliphatic carbocycles. The summed E-state index contributed by atoms with van der Waals surface area (Å²) >= 11 is 5.35. The monoisotopic (exact) mass is 265 g/mol. The van der Waals surface area contributed by atoms with E-state index in [4.69, 9.17) is 17.0 Å². The van der Waals surface area contributed by atoms with Crippen LogP contribution in [0.4, 0.5) is 0 Å². The summed E-state index contributed by atoms with van der Waals surface area (Å²) in [5.74, 6) is 0.612. The van der Waals surface area contributed by atoms with Gasteiger partial charge in [-0.2, -0.15) is 4.98 Å². The van der Waals surface area contributed by atoms with Crippen LogP contribution in [0, 0.1) is 10.2 Å². The van der Waals surface area contributed by atoms with Gasteiger partial charge in [0.25, 0.3) is 0 Å². The van der Waals surface area contributed by atoms with Crippen LogP contribution in [0.3, 0.4) is 0 Å². The van der Waals surface area contributed by atoms with Crippen molar-refractivity contribution in [2.45, 2.75) is 33.7 Å². The van der Waals surface area contributed by atoms with Crippen molar-refractivity contribution in [3.8, 4) is 5.88 Å². The van der Waals surface area contributed by atoms with E-state index in [1.165, 1.54) is 0 Å². The van der Waals surface area contributed by atoms with Crippen LogP contribution in [-0.2, 0) is 6.54 Å². The summed E-state index contributed by atoms with van der Waals surface area (Å²) in [5, 5.41) is 0. The maximum absolute atomic E-state index is 5.35. The molecule has 0 unspecified atom stereocenters. The Hall–Kier alpha value is -1.36. The van der Waals surface area contributed by atoms with Crippen LogP contribution >= 0.6 is 12.2 Å². The first kappa shape index (κ1) is 13.1. The van der Waals surface area contributed by atoms with Gasteiger partial charge in [-0.1, -0.05) is 20.8 Å². The molecule has 0 aromatic carbocycles. The highest BCUT2D eigenvalue weighted by atomic mass is 32.1. The van der Waals surface area contributed by atoms with E-state index in [1.54, 1.807) is 7.11 Å². The largest absolute Gasteiger partial charge is 0.481 e. The fraction of sp³-hybridized carbons (Fsp3) is 0.538. The van der Waals surface area contributed by atoms with Crippen LogP contribution in [0.2, 0.25) is 0 Å². The number of aromatic amines is 1. The first-order valence-corrected chi connectivity index (χ1v) is 6.45. The highest BCUT2D eigenvalue weighted by Crippen LogP contribution is 2.22. The number of hydrogen-bond acceptors (Lipinski definition) is 3. The van der Waals surface area contributed by atoms with Gasteiger partial charge in [0.15, 0.2) is 10.4 Å². The van der Waals surface area contributed by atoms with Crippen LogP contribution in [0.25, 0.3) is 11.2 Å². The number of methoxy groups -OCH3 is 1. The van der Waals surface area contributed by atoms with Gasteiger partial charge in [0.2, 0.25) is 5.88 Å². The standard InChI is InChI=1S/C13H19N3OS/c1-13(2,3)7-8-16-11-9(14-12(16)18)5-6-10(15-11)17-4/h5-6H,7-8H2,1-4H3,(H,14,18). The Kier molecular flexibility index (Phi) is 3.43. The predicted octanol–water partition coefficient (Wildman–Crippen LogP) is 3.54. The van der Waals surface area contributed by atoms with Crippen LogP contribution in [0.15, 0.2) is 12.1 Å². The van der Waals surface area contributed by atoms with E-state index in [-0.39, 0.29) is 5.41 Å². The number of aryl methyl sites for hydroxylation is 1. The third kappa shape index (κ3) is 2.72. The minimum Gasteiger partial charge on any atom is -0.481 e. The average molecular weight is 265 g/mol. The van der Waals surface area contributed by atoms with E-state index >= 15 is 0 Å². The summed E-state index contributed by atoms with van der Waals surface area (Å²) in [5.41, 5.74) is 2.09. The maximum atomic E-state index is 5.35. The van der Waals surface area contributed by atoms with Crippen molar-refractivity contribution in [1.82, 2.24) is 14.5 Å². The van der Waals surface area contributed by atoms with Crippen molar-refractivity contribution < 1.29 is 4.74 Å². The Morgan fingerprint density at radius 1 is 1.39 bits per heavy atom. The van der Waals surface area contributed by atoms with Gasteiger partial charge in [0, 0.05) is 12.6 Å². The molecule has 0 amide bonds. The quantitative estimate of drug-likeness (QED) is 0.863. The van der Waals surface area contributed by atoms with Crippen LogP contribution in [-0.4, -0.2) is 21.6 Å². The number of H-pyrrole nitrogens is 1. The Morgan fingerprint density at radius 2 is 2.11 bits per heavy atom. The smallest absolute Gasteiger partial charge is 0.215 e. The lowest BCUT2D eigenvalue weighted by atomic mass is 9.92. The van der Waals surface area contributed by atoms with Crippen LogP contribution < -0.4 is 4.74 Å². The summed E-state index contributed by atoms with van der Waals surface area (Å²) in [4.78, 5) is 7.63. The van der Waals surface area contributed by atoms with E-state index in [9.17, 15) is 0 Å². The number of pyridine rings is 1. The highest BCUT2D eigenvalue weighted by Gasteiger charge is 2.13. The second kappa shape index (κ2) is 4.72. The van der Waals surface area contributed by atoms with Crippen molar-refractivity contribution in [3.63, 3.8) is 0 Å². The van der Waals surface area contributed by atoms with Crippen molar-refractivity contribution in [3.05, 3.63) is 16.9 Å². The van der Waals surface area contributed by atoms with Crippen LogP contribution in [0.5, 0.6) is 5.88 Å². The van der Waals surface area contributed by atoms with E-state index < -0.39 is 0 Å². The number of fused-ring (bicyclic) bond motifs is 1. The molecule has 5 heteroatoms. The summed E-state index contributed by atoms with van der Waals surface area (Å²) in [6.07, 6.45) is 1.05. The van der Waals surface area contributed by atoms with Crippen molar-refractivity contribution in [1.29, 1.82) is 0 Å². The van der Waals surface area contributed by atoms with Crippen molar-refractivity contribution in [2.24, 2.45) is 5.41 Å². The molecule has 2 rings (SSSR count). The number of ether oxygens (including phenoxy) is 1. The Labute approximate surface area is 112 Å². The molecule has 4 nitrogen and oxygen atoms in total. The second-order valence-corrected chi connectivity index (χ2v) is 6.00. The number of nitrogens with one attached hydrogen (secondary N) is 1. The predicted molar refractivity (Wildman–Crippen MR) is 75.5 cm³/mol. The molecule has 2 aromatic heterocycles. The number of imidazole rings is 1. The molecule has 18 heavy (non-hydrogen) atoms. The molecule has 2 aromatic rings. The third-order valence-electron chi connectivity index (χ3n) is 2.89. The lowest BCUT2D eigenvalue weighted by Gasteiger charge is -2.18. The van der Waals surface area contributed by atoms with E-state index in [0.717, 1.165) is 28.9 Å². The highest BCUT2D eigenvalue weighted by molar-refractivity contribution is 7.71. The minimum absolute atomic E-state index is 0.275. The van der Waals surface area contributed by atoms with Gasteiger partial charge >= 0.3 is 0 Å². The van der Waals surface area contributed by atoms with Gasteiger partial charge in [0.1, 0.15) is 0 Å². The first-order valence-electron chi connectivity index (χ1n) is 6.04. The van der Waals surface area contributed by atoms with Crippen molar-refractivity contribution in [2.75, 3.05) is 7.11 Å². The Bertz CT molecular complexity index is 607. The zero-order valence-corrected chi connectivity index (χ0v) is 12.1. The number of nitrogens with zero attached hydrogens (tertiary/aromatic N) is 2. The van der Waals surface area contributed by atoms with Gasteiger partial charge < -0.3 is 14.3 Å². The molecular weight excluding hydrogens is 246 g/mol. The summed E-state index contributed by atoms with van der Waals surface area (Å²) in [6, 6.07) is 3.78. The molecule has 0 spiro atoms. The zero-order valence-electron chi connectivity index (χ0n) is 11.3. The van der Waals surface area contributed by atoms with Gasteiger partial charge in [-0.25, -0.2) is 0 Å². The molecule has 0 aliphatic rings. The molecular formula is C13H19N3OS. The first-order chi connectivity index (χ1) is 8.40. The van der Waals surface area contributed by atoms with E-state index in [0.29, 0.717) is 5.88 Å². The maximum Gasteiger partial charge on any atom is 0.215 e. The van der Waals surface area contributed by atoms with Gasteiger partial charge in [-0.15, -0.1) is 0 Å². The van der Waals surface area contributed by atoms with Gasteiger partial charge in [-0.05, 0) is 30.1 Å². The number of rotatable bonds is 3. The Morgan fingerprint density at radius 3 is 2.72 bits per heavy atom. The normalized spacial score (nSPS) is 12.0. The molecule has 0 radical (unpaired) electrons. The molecule has 98 valence electrons. The average Bonchev–Trinajstić information content (AvgIpc) is 2.60. The molecule has 0 saturated heterocycles. The number of hydrogen-bond donors (Lipinski definition) is 1. The van der Waals surface area contributed by atoms with Crippen molar-refractivity contribution >= 4 is 23.4 Å². The summed E-state index contributed by atoms with van der Waals surface area (Å²) in [7, 11) is 1.62. The van der Waals surface area contributed by atoms with E-state index in [1.807, 2.05) is 16.7 Å². The fourth-order valence-corrected chi connectivity index (χ4v) is 2.07. The topological polar surface area (TPSA) is 42.8 Å². The number of aromatic nitrogens is 3. The lowest BCUT2D eigenvalue weighted by Crippen LogP contribution is -2.10. The Balaban J connectivity index is 2.42. The summed E-state index contributed by atoms with van der Waals surface area (Å²) in [6.45, 7) is 7.53. The van der Waals surface area contributed by atoms with Gasteiger partial charge in [-0.3, -0.25) is 0 Å². The van der Waals surface area contributed by atoms with Gasteiger partial charge in [0.05, 0.1) is 12.6 Å². The zero-order chi connectivity index (χ0) is 13.3. The summed E-state index contributed by atoms with van der Waals surface area (Å²) < 4.78 is 7.92. The lowest BCUT2D eigenvalue weighted by molar-refractivity contribution is 0.351. The van der Waals surface area contributed by atoms with E-state index in [2.05, 4.69) is 30.7 Å². The molecule has 0 saturated carbocycles.